The van der Waals surface area contributed by atoms with Crippen LogP contribution in [0.1, 0.15) is 13.8 Å². The third kappa shape index (κ3) is 2.73. The van der Waals surface area contributed by atoms with Crippen LogP contribution in [0, 0.1) is 5.92 Å². The quantitative estimate of drug-likeness (QED) is 0.656. The predicted octanol–water partition coefficient (Wildman–Crippen LogP) is 0.353. The van der Waals surface area contributed by atoms with Crippen molar-refractivity contribution in [3.8, 4) is 0 Å². The van der Waals surface area contributed by atoms with E-state index in [1.54, 1.807) is 0 Å². The lowest BCUT2D eigenvalue weighted by Gasteiger charge is -2.18. The lowest BCUT2D eigenvalue weighted by molar-refractivity contribution is -0.151. The normalized spacial score (nSPS) is 11.8. The van der Waals surface area contributed by atoms with Crippen LogP contribution in [0.25, 0.3) is 0 Å². The monoisotopic (exact) mass is 180 g/mol. The fourth-order valence-electron chi connectivity index (χ4n) is 0.566. The van der Waals surface area contributed by atoms with E-state index in [-0.39, 0.29) is 13.1 Å². The summed E-state index contributed by atoms with van der Waals surface area (Å²) in [5, 5.41) is 2.04. The molecule has 0 unspecified atom stereocenters. The maximum atomic E-state index is 12.8. The number of alkyl halides is 2. The average Bonchev–Trinajstić information content (AvgIpc) is 1.99. The number of hydrogen-bond donors (Lipinski definition) is 2. The van der Waals surface area contributed by atoms with Crippen LogP contribution in [0.2, 0.25) is 0 Å². The summed E-state index contributed by atoms with van der Waals surface area (Å²) in [6, 6.07) is 0. The smallest absolute Gasteiger partial charge is 0.326 e. The summed E-state index contributed by atoms with van der Waals surface area (Å²) in [6.07, 6.45) is 0. The number of carbonyl (C=O) groups is 1. The molecule has 0 aromatic heterocycles. The van der Waals surface area contributed by atoms with Crippen LogP contribution in [0.5, 0.6) is 0 Å². The number of halogens is 2. The molecule has 0 aromatic carbocycles. The number of carbonyl (C=O) groups excluding carboxylic acids is 1. The van der Waals surface area contributed by atoms with Crippen molar-refractivity contribution in [1.29, 1.82) is 0 Å². The molecule has 0 aliphatic rings. The average molecular weight is 180 g/mol. The van der Waals surface area contributed by atoms with Crippen molar-refractivity contribution in [2.45, 2.75) is 19.8 Å². The standard InChI is InChI=1S/C7H14F2N2O/c1-5(2)7(8,9)6(12)11-4-3-10/h5H,3-4,10H2,1-2H3,(H,11,12). The van der Waals surface area contributed by atoms with Gasteiger partial charge in [-0.1, -0.05) is 13.8 Å². The van der Waals surface area contributed by atoms with E-state index in [4.69, 9.17) is 5.73 Å². The summed E-state index contributed by atoms with van der Waals surface area (Å²) in [7, 11) is 0. The first-order valence-electron chi connectivity index (χ1n) is 3.79. The minimum absolute atomic E-state index is 0.0845. The van der Waals surface area contributed by atoms with Crippen molar-refractivity contribution < 1.29 is 13.6 Å². The highest BCUT2D eigenvalue weighted by Gasteiger charge is 2.41. The number of nitrogens with one attached hydrogen (secondary N) is 1. The first-order chi connectivity index (χ1) is 5.42. The zero-order valence-electron chi connectivity index (χ0n) is 7.23. The maximum Gasteiger partial charge on any atom is 0.326 e. The molecule has 12 heavy (non-hydrogen) atoms. The van der Waals surface area contributed by atoms with Crippen molar-refractivity contribution >= 4 is 5.91 Å². The predicted molar refractivity (Wildman–Crippen MR) is 41.8 cm³/mol. The Kier molecular flexibility index (Phi) is 4.09. The van der Waals surface area contributed by atoms with Crippen LogP contribution >= 0.6 is 0 Å². The summed E-state index contributed by atoms with van der Waals surface area (Å²) in [6.45, 7) is 2.84. The van der Waals surface area contributed by atoms with Gasteiger partial charge in [0.2, 0.25) is 0 Å². The molecule has 0 rings (SSSR count). The number of hydrogen-bond acceptors (Lipinski definition) is 2. The molecule has 0 fully saturated rings. The summed E-state index contributed by atoms with van der Waals surface area (Å²) >= 11 is 0. The lowest BCUT2D eigenvalue weighted by Crippen LogP contribution is -2.45. The van der Waals surface area contributed by atoms with E-state index in [1.807, 2.05) is 5.32 Å². The first kappa shape index (κ1) is 11.3. The van der Waals surface area contributed by atoms with Crippen LogP contribution in [0.4, 0.5) is 8.78 Å². The fourth-order valence-corrected chi connectivity index (χ4v) is 0.566. The highest BCUT2D eigenvalue weighted by Crippen LogP contribution is 2.23. The van der Waals surface area contributed by atoms with Gasteiger partial charge >= 0.3 is 5.92 Å². The summed E-state index contributed by atoms with van der Waals surface area (Å²) in [5.74, 6) is -5.53. The van der Waals surface area contributed by atoms with Crippen molar-refractivity contribution in [2.75, 3.05) is 13.1 Å². The largest absolute Gasteiger partial charge is 0.350 e. The molecule has 0 atom stereocenters. The van der Waals surface area contributed by atoms with Gasteiger partial charge in [-0.05, 0) is 0 Å². The van der Waals surface area contributed by atoms with Gasteiger partial charge in [-0.15, -0.1) is 0 Å². The molecule has 0 aliphatic heterocycles. The minimum Gasteiger partial charge on any atom is -0.350 e. The van der Waals surface area contributed by atoms with Gasteiger partial charge < -0.3 is 11.1 Å². The highest BCUT2D eigenvalue weighted by atomic mass is 19.3. The molecule has 0 saturated carbocycles. The summed E-state index contributed by atoms with van der Waals surface area (Å²) in [4.78, 5) is 10.7. The molecule has 0 bridgehead atoms. The molecule has 0 spiro atoms. The molecule has 5 heteroatoms. The molecular weight excluding hydrogens is 166 g/mol. The van der Waals surface area contributed by atoms with Crippen LogP contribution < -0.4 is 11.1 Å². The van der Waals surface area contributed by atoms with Crippen molar-refractivity contribution in [3.05, 3.63) is 0 Å². The highest BCUT2D eigenvalue weighted by molar-refractivity contribution is 5.83. The van der Waals surface area contributed by atoms with E-state index < -0.39 is 17.7 Å². The van der Waals surface area contributed by atoms with Gasteiger partial charge in [0.25, 0.3) is 5.91 Å². The number of amides is 1. The van der Waals surface area contributed by atoms with Gasteiger partial charge in [-0.3, -0.25) is 4.79 Å². The second-order valence-corrected chi connectivity index (χ2v) is 2.82. The SMILES string of the molecule is CC(C)C(F)(F)C(=O)NCCN. The van der Waals surface area contributed by atoms with E-state index in [0.717, 1.165) is 0 Å². The van der Waals surface area contributed by atoms with E-state index in [1.165, 1.54) is 13.8 Å². The van der Waals surface area contributed by atoms with Crippen LogP contribution in [0.3, 0.4) is 0 Å². The fraction of sp³-hybridized carbons (Fsp3) is 0.857. The molecule has 3 N–H and O–H groups in total. The van der Waals surface area contributed by atoms with Crippen LogP contribution in [0.15, 0.2) is 0 Å². The zero-order chi connectivity index (χ0) is 9.78. The molecule has 0 aliphatic carbocycles. The van der Waals surface area contributed by atoms with Gasteiger partial charge in [0.1, 0.15) is 0 Å². The molecule has 3 nitrogen and oxygen atoms in total. The Hall–Kier alpha value is -0.710. The van der Waals surface area contributed by atoms with E-state index >= 15 is 0 Å². The van der Waals surface area contributed by atoms with Gasteiger partial charge in [-0.2, -0.15) is 8.78 Å². The molecule has 1 amide bonds. The Labute approximate surface area is 70.3 Å². The number of nitrogens with two attached hydrogens (primary N) is 1. The summed E-state index contributed by atoms with van der Waals surface area (Å²) in [5.41, 5.74) is 5.04. The van der Waals surface area contributed by atoms with E-state index in [2.05, 4.69) is 0 Å². The number of rotatable bonds is 4. The summed E-state index contributed by atoms with van der Waals surface area (Å²) < 4.78 is 25.6. The second kappa shape index (κ2) is 4.35. The third-order valence-corrected chi connectivity index (χ3v) is 1.46. The van der Waals surface area contributed by atoms with Crippen molar-refractivity contribution in [3.63, 3.8) is 0 Å². The van der Waals surface area contributed by atoms with Crippen LogP contribution in [-0.4, -0.2) is 24.9 Å². The molecule has 0 saturated heterocycles. The van der Waals surface area contributed by atoms with Crippen LogP contribution in [-0.2, 0) is 4.79 Å². The Morgan fingerprint density at radius 3 is 2.42 bits per heavy atom. The van der Waals surface area contributed by atoms with Crippen molar-refractivity contribution in [2.24, 2.45) is 11.7 Å². The maximum absolute atomic E-state index is 12.8. The lowest BCUT2D eigenvalue weighted by atomic mass is 10.1. The van der Waals surface area contributed by atoms with Gasteiger partial charge in [0.05, 0.1) is 0 Å². The molecule has 72 valence electrons. The minimum atomic E-state index is -3.30. The molecular formula is C7H14F2N2O. The third-order valence-electron chi connectivity index (χ3n) is 1.46. The van der Waals surface area contributed by atoms with Gasteiger partial charge in [0.15, 0.2) is 0 Å². The topological polar surface area (TPSA) is 55.1 Å². The molecule has 0 aromatic rings. The first-order valence-corrected chi connectivity index (χ1v) is 3.79. The second-order valence-electron chi connectivity index (χ2n) is 2.82. The molecule has 0 radical (unpaired) electrons. The molecule has 0 heterocycles. The van der Waals surface area contributed by atoms with E-state index in [0.29, 0.717) is 0 Å². The van der Waals surface area contributed by atoms with E-state index in [9.17, 15) is 13.6 Å². The van der Waals surface area contributed by atoms with Gasteiger partial charge in [0, 0.05) is 19.0 Å². The van der Waals surface area contributed by atoms with Crippen molar-refractivity contribution in [1.82, 2.24) is 5.32 Å². The Balaban J connectivity index is 4.07. The Bertz CT molecular complexity index is 159. The van der Waals surface area contributed by atoms with Gasteiger partial charge in [-0.25, -0.2) is 0 Å². The zero-order valence-corrected chi connectivity index (χ0v) is 7.23. The Morgan fingerprint density at radius 2 is 2.08 bits per heavy atom. The Morgan fingerprint density at radius 1 is 1.58 bits per heavy atom.